The summed E-state index contributed by atoms with van der Waals surface area (Å²) in [6.07, 6.45) is 0. The lowest BCUT2D eigenvalue weighted by Crippen LogP contribution is -2.75. The van der Waals surface area contributed by atoms with Crippen LogP contribution >= 0.6 is 0 Å². The van der Waals surface area contributed by atoms with E-state index in [0.29, 0.717) is 0 Å². The predicted molar refractivity (Wildman–Crippen MR) is 33.7 cm³/mol. The molecule has 2 heterocycles. The van der Waals surface area contributed by atoms with Gasteiger partial charge in [0, 0.05) is 25.2 Å². The van der Waals surface area contributed by atoms with Crippen LogP contribution in [0.15, 0.2) is 0 Å². The minimum Gasteiger partial charge on any atom is -0.312 e. The van der Waals surface area contributed by atoms with Crippen LogP contribution in [-0.2, 0) is 0 Å². The Kier molecular flexibility index (Phi) is 0.678. The fraction of sp³-hybridized carbons (Fsp3) is 1.00. The molecule has 3 aliphatic rings. The molecule has 3 fully saturated rings. The zero-order chi connectivity index (χ0) is 5.84. The molecule has 1 aliphatic carbocycles. The van der Waals surface area contributed by atoms with Crippen LogP contribution in [0, 0.1) is 11.8 Å². The van der Waals surface area contributed by atoms with E-state index < -0.39 is 0 Å². The lowest BCUT2D eigenvalue weighted by Gasteiger charge is -2.56. The highest BCUT2D eigenvalue weighted by Crippen LogP contribution is 2.41. The maximum absolute atomic E-state index is 3.41. The summed E-state index contributed by atoms with van der Waals surface area (Å²) in [5.41, 5.74) is 6.47. The van der Waals surface area contributed by atoms with Crippen molar-refractivity contribution in [2.45, 2.75) is 12.1 Å². The summed E-state index contributed by atoms with van der Waals surface area (Å²) < 4.78 is 0. The van der Waals surface area contributed by atoms with E-state index in [2.05, 4.69) is 16.2 Å². The minimum atomic E-state index is 0.753. The highest BCUT2D eigenvalue weighted by Gasteiger charge is 2.57. The van der Waals surface area contributed by atoms with E-state index in [1.54, 1.807) is 0 Å². The molecule has 0 radical (unpaired) electrons. The van der Waals surface area contributed by atoms with Gasteiger partial charge in [-0.25, -0.2) is 0 Å². The van der Waals surface area contributed by atoms with Crippen LogP contribution in [0.25, 0.3) is 0 Å². The second-order valence-electron chi connectivity index (χ2n) is 3.31. The SMILES string of the molecule is C1NC2C1C1CNNC12. The van der Waals surface area contributed by atoms with Crippen molar-refractivity contribution in [2.24, 2.45) is 11.8 Å². The predicted octanol–water partition coefficient (Wildman–Crippen LogP) is -1.32. The molecular weight excluding hydrogens is 114 g/mol. The first kappa shape index (κ1) is 4.66. The molecule has 0 spiro atoms. The third kappa shape index (κ3) is 0.377. The van der Waals surface area contributed by atoms with E-state index in [1.165, 1.54) is 13.1 Å². The number of rotatable bonds is 0. The summed E-state index contributed by atoms with van der Waals surface area (Å²) in [4.78, 5) is 0. The lowest BCUT2D eigenvalue weighted by molar-refractivity contribution is 0.0118. The number of nitrogens with one attached hydrogen (secondary N) is 3. The third-order valence-electron chi connectivity index (χ3n) is 3.06. The molecule has 4 unspecified atom stereocenters. The number of fused-ring (bicyclic) bond motifs is 4. The summed E-state index contributed by atoms with van der Waals surface area (Å²) in [5.74, 6) is 1.94. The zero-order valence-corrected chi connectivity index (χ0v) is 5.22. The molecule has 2 aliphatic heterocycles. The minimum absolute atomic E-state index is 0.753. The molecule has 1 saturated carbocycles. The topological polar surface area (TPSA) is 36.1 Å². The molecule has 0 amide bonds. The average molecular weight is 125 g/mol. The molecule has 0 aromatic heterocycles. The number of hydrogen-bond acceptors (Lipinski definition) is 3. The van der Waals surface area contributed by atoms with E-state index >= 15 is 0 Å². The summed E-state index contributed by atoms with van der Waals surface area (Å²) in [6, 6.07) is 1.56. The molecular formula is C6H11N3. The van der Waals surface area contributed by atoms with Gasteiger partial charge in [-0.05, 0) is 11.8 Å². The van der Waals surface area contributed by atoms with Gasteiger partial charge in [0.15, 0.2) is 0 Å². The van der Waals surface area contributed by atoms with Gasteiger partial charge in [0.1, 0.15) is 0 Å². The number of hydrazine groups is 1. The van der Waals surface area contributed by atoms with E-state index in [1.807, 2.05) is 0 Å². The first-order valence-corrected chi connectivity index (χ1v) is 3.68. The Bertz CT molecular complexity index is 131. The molecule has 0 bridgehead atoms. The molecule has 3 rings (SSSR count). The second kappa shape index (κ2) is 1.31. The molecule has 3 nitrogen and oxygen atoms in total. The van der Waals surface area contributed by atoms with Crippen LogP contribution in [0.5, 0.6) is 0 Å². The summed E-state index contributed by atoms with van der Waals surface area (Å²) in [5, 5.41) is 3.41. The monoisotopic (exact) mass is 125 g/mol. The van der Waals surface area contributed by atoms with Crippen LogP contribution in [-0.4, -0.2) is 25.2 Å². The summed E-state index contributed by atoms with van der Waals surface area (Å²) >= 11 is 0. The Morgan fingerprint density at radius 1 is 1.00 bits per heavy atom. The van der Waals surface area contributed by atoms with Crippen molar-refractivity contribution < 1.29 is 0 Å². The van der Waals surface area contributed by atoms with Crippen LogP contribution in [0.2, 0.25) is 0 Å². The number of hydrogen-bond donors (Lipinski definition) is 3. The Hall–Kier alpha value is -0.120. The van der Waals surface area contributed by atoms with Gasteiger partial charge in [0.25, 0.3) is 0 Å². The summed E-state index contributed by atoms with van der Waals surface area (Å²) in [7, 11) is 0. The van der Waals surface area contributed by atoms with Gasteiger partial charge in [0.05, 0.1) is 0 Å². The maximum Gasteiger partial charge on any atom is 0.0414 e. The number of piperidine rings is 1. The molecule has 3 N–H and O–H groups in total. The van der Waals surface area contributed by atoms with E-state index in [-0.39, 0.29) is 0 Å². The Labute approximate surface area is 54.2 Å². The normalized spacial score (nSPS) is 61.3. The van der Waals surface area contributed by atoms with Crippen LogP contribution in [0.1, 0.15) is 0 Å². The van der Waals surface area contributed by atoms with E-state index in [9.17, 15) is 0 Å². The standard InChI is InChI=1S/C6H11N3/c1-3-4-2-8-9-6(4)5(3)7-1/h3-9H,1-2H2. The van der Waals surface area contributed by atoms with Gasteiger partial charge in [-0.3, -0.25) is 10.9 Å². The molecule has 0 aromatic rings. The molecule has 9 heavy (non-hydrogen) atoms. The summed E-state index contributed by atoms with van der Waals surface area (Å²) in [6.45, 7) is 2.45. The van der Waals surface area contributed by atoms with Crippen molar-refractivity contribution in [2.75, 3.05) is 13.1 Å². The first-order chi connectivity index (χ1) is 4.47. The quantitative estimate of drug-likeness (QED) is 0.376. The molecule has 2 saturated heterocycles. The van der Waals surface area contributed by atoms with Crippen molar-refractivity contribution in [3.63, 3.8) is 0 Å². The van der Waals surface area contributed by atoms with Crippen molar-refractivity contribution in [3.05, 3.63) is 0 Å². The smallest absolute Gasteiger partial charge is 0.0414 e. The van der Waals surface area contributed by atoms with Crippen LogP contribution < -0.4 is 16.2 Å². The van der Waals surface area contributed by atoms with Gasteiger partial charge in [0.2, 0.25) is 0 Å². The van der Waals surface area contributed by atoms with Crippen molar-refractivity contribution >= 4 is 0 Å². The second-order valence-corrected chi connectivity index (χ2v) is 3.31. The van der Waals surface area contributed by atoms with E-state index in [4.69, 9.17) is 0 Å². The molecule has 4 atom stereocenters. The zero-order valence-electron chi connectivity index (χ0n) is 5.22. The third-order valence-corrected chi connectivity index (χ3v) is 3.06. The Morgan fingerprint density at radius 3 is 2.56 bits per heavy atom. The fourth-order valence-electron chi connectivity index (χ4n) is 2.36. The lowest BCUT2D eigenvalue weighted by atomic mass is 9.61. The van der Waals surface area contributed by atoms with Crippen molar-refractivity contribution in [3.8, 4) is 0 Å². The van der Waals surface area contributed by atoms with Crippen molar-refractivity contribution in [1.29, 1.82) is 0 Å². The van der Waals surface area contributed by atoms with Crippen LogP contribution in [0.3, 0.4) is 0 Å². The van der Waals surface area contributed by atoms with Gasteiger partial charge in [-0.2, -0.15) is 0 Å². The van der Waals surface area contributed by atoms with Crippen LogP contribution in [0.4, 0.5) is 0 Å². The maximum atomic E-state index is 3.41. The fourth-order valence-corrected chi connectivity index (χ4v) is 2.36. The molecule has 50 valence electrons. The van der Waals surface area contributed by atoms with Gasteiger partial charge >= 0.3 is 0 Å². The van der Waals surface area contributed by atoms with Gasteiger partial charge < -0.3 is 5.32 Å². The Morgan fingerprint density at radius 2 is 1.89 bits per heavy atom. The highest BCUT2D eigenvalue weighted by atomic mass is 15.4. The highest BCUT2D eigenvalue weighted by molar-refractivity contribution is 5.15. The van der Waals surface area contributed by atoms with Crippen molar-refractivity contribution in [1.82, 2.24) is 16.2 Å². The Balaban J connectivity index is 1.85. The van der Waals surface area contributed by atoms with Gasteiger partial charge in [-0.1, -0.05) is 0 Å². The van der Waals surface area contributed by atoms with Gasteiger partial charge in [-0.15, -0.1) is 0 Å². The molecule has 0 aromatic carbocycles. The first-order valence-electron chi connectivity index (χ1n) is 3.68. The largest absolute Gasteiger partial charge is 0.312 e. The van der Waals surface area contributed by atoms with E-state index in [0.717, 1.165) is 23.9 Å². The average Bonchev–Trinajstić information content (AvgIpc) is 2.13. The molecule has 3 heteroatoms.